The van der Waals surface area contributed by atoms with Crippen molar-refractivity contribution in [2.24, 2.45) is 0 Å². The maximum Gasteiger partial charge on any atom is 0.255 e. The van der Waals surface area contributed by atoms with Crippen LogP contribution in [0.2, 0.25) is 0 Å². The van der Waals surface area contributed by atoms with Gasteiger partial charge in [-0.1, -0.05) is 0 Å². The van der Waals surface area contributed by atoms with Crippen LogP contribution in [0.4, 0.5) is 10.2 Å². The Labute approximate surface area is 186 Å². The van der Waals surface area contributed by atoms with Gasteiger partial charge in [-0.3, -0.25) is 9.89 Å². The topological polar surface area (TPSA) is 74.4 Å². The summed E-state index contributed by atoms with van der Waals surface area (Å²) in [5.74, 6) is 0.814. The van der Waals surface area contributed by atoms with Gasteiger partial charge in [0.15, 0.2) is 0 Å². The molecular formula is C24H26FN5O2. The monoisotopic (exact) mass is 435 g/mol. The maximum atomic E-state index is 13.2. The molecule has 0 aliphatic carbocycles. The molecule has 5 rings (SSSR count). The first-order valence-electron chi connectivity index (χ1n) is 11.1. The average molecular weight is 436 g/mol. The van der Waals surface area contributed by atoms with Gasteiger partial charge in [0.25, 0.3) is 5.91 Å². The second-order valence-electron chi connectivity index (χ2n) is 8.31. The quantitative estimate of drug-likeness (QED) is 0.679. The van der Waals surface area contributed by atoms with Gasteiger partial charge in [-0.05, 0) is 55.3 Å². The number of carbonyl (C=O) groups excluding carboxylic acids is 1. The number of amides is 1. The minimum atomic E-state index is -0.265. The Bertz CT molecular complexity index is 1060. The van der Waals surface area contributed by atoms with Crippen molar-refractivity contribution in [1.29, 1.82) is 0 Å². The van der Waals surface area contributed by atoms with Crippen LogP contribution in [0, 0.1) is 5.82 Å². The van der Waals surface area contributed by atoms with Gasteiger partial charge >= 0.3 is 0 Å². The van der Waals surface area contributed by atoms with Gasteiger partial charge in [0, 0.05) is 49.6 Å². The molecule has 0 spiro atoms. The number of aromatic nitrogens is 3. The number of ether oxygens (including phenoxy) is 1. The van der Waals surface area contributed by atoms with Crippen LogP contribution in [0.15, 0.2) is 48.7 Å². The molecule has 166 valence electrons. The van der Waals surface area contributed by atoms with E-state index < -0.39 is 0 Å². The minimum Gasteiger partial charge on any atom is -0.378 e. The van der Waals surface area contributed by atoms with Crippen LogP contribution >= 0.6 is 0 Å². The highest BCUT2D eigenvalue weighted by Crippen LogP contribution is 2.29. The van der Waals surface area contributed by atoms with Crippen molar-refractivity contribution in [2.45, 2.75) is 18.8 Å². The van der Waals surface area contributed by atoms with Crippen LogP contribution in [0.25, 0.3) is 11.3 Å². The number of likely N-dealkylation sites (tertiary alicyclic amines) is 1. The summed E-state index contributed by atoms with van der Waals surface area (Å²) in [6, 6.07) is 12.1. The normalized spacial score (nSPS) is 19.2. The molecule has 1 N–H and O–H groups in total. The van der Waals surface area contributed by atoms with E-state index in [0.717, 1.165) is 55.2 Å². The molecule has 1 amide bonds. The van der Waals surface area contributed by atoms with E-state index in [1.807, 2.05) is 23.1 Å². The third-order valence-corrected chi connectivity index (χ3v) is 6.22. The fourth-order valence-corrected chi connectivity index (χ4v) is 4.40. The van der Waals surface area contributed by atoms with Gasteiger partial charge in [0.05, 0.1) is 24.5 Å². The molecule has 2 aromatic heterocycles. The van der Waals surface area contributed by atoms with Crippen molar-refractivity contribution < 1.29 is 13.9 Å². The summed E-state index contributed by atoms with van der Waals surface area (Å²) in [5.41, 5.74) is 3.26. The number of piperidine rings is 1. The fraction of sp³-hybridized carbons (Fsp3) is 0.375. The van der Waals surface area contributed by atoms with Crippen molar-refractivity contribution in [3.63, 3.8) is 0 Å². The first-order chi connectivity index (χ1) is 15.7. The minimum absolute atomic E-state index is 0.00833. The number of hydrogen-bond acceptors (Lipinski definition) is 5. The Balaban J connectivity index is 1.25. The van der Waals surface area contributed by atoms with Crippen molar-refractivity contribution in [3.05, 3.63) is 65.7 Å². The van der Waals surface area contributed by atoms with Crippen molar-refractivity contribution >= 4 is 11.7 Å². The van der Waals surface area contributed by atoms with Crippen LogP contribution in [0.3, 0.4) is 0 Å². The molecule has 3 aromatic rings. The first-order valence-corrected chi connectivity index (χ1v) is 11.1. The molecule has 2 saturated heterocycles. The first kappa shape index (κ1) is 20.6. The molecule has 7 nitrogen and oxygen atoms in total. The van der Waals surface area contributed by atoms with E-state index in [1.54, 1.807) is 18.3 Å². The number of nitrogens with one attached hydrogen (secondary N) is 1. The predicted octanol–water partition coefficient (Wildman–Crippen LogP) is 3.47. The number of rotatable bonds is 4. The highest BCUT2D eigenvalue weighted by molar-refractivity contribution is 5.94. The largest absolute Gasteiger partial charge is 0.378 e. The van der Waals surface area contributed by atoms with Crippen LogP contribution in [0.5, 0.6) is 0 Å². The number of H-pyrrole nitrogens is 1. The van der Waals surface area contributed by atoms with E-state index in [1.165, 1.54) is 12.1 Å². The highest BCUT2D eigenvalue weighted by atomic mass is 19.1. The molecular weight excluding hydrogens is 409 g/mol. The third kappa shape index (κ3) is 4.36. The lowest BCUT2D eigenvalue weighted by Gasteiger charge is -2.32. The van der Waals surface area contributed by atoms with Crippen molar-refractivity contribution in [1.82, 2.24) is 20.1 Å². The number of halogens is 1. The lowest BCUT2D eigenvalue weighted by molar-refractivity contribution is 0.0705. The van der Waals surface area contributed by atoms with Gasteiger partial charge in [-0.2, -0.15) is 5.10 Å². The second kappa shape index (κ2) is 9.08. The van der Waals surface area contributed by atoms with Gasteiger partial charge in [-0.25, -0.2) is 9.37 Å². The Morgan fingerprint density at radius 2 is 1.91 bits per heavy atom. The number of carbonyl (C=O) groups is 1. The number of benzene rings is 1. The van der Waals surface area contributed by atoms with Crippen molar-refractivity contribution in [2.75, 3.05) is 44.3 Å². The zero-order chi connectivity index (χ0) is 21.9. The maximum absolute atomic E-state index is 13.2. The van der Waals surface area contributed by atoms with E-state index in [4.69, 9.17) is 4.74 Å². The lowest BCUT2D eigenvalue weighted by atomic mass is 9.94. The molecule has 0 unspecified atom stereocenters. The molecule has 0 saturated carbocycles. The Morgan fingerprint density at radius 1 is 1.09 bits per heavy atom. The SMILES string of the molecule is O=C(c1ccc(N2CCOCC2)nc1)N1CCC[C@H](c2cc(-c3ccc(F)cc3)n[nH]2)C1. The molecule has 2 fully saturated rings. The molecule has 0 radical (unpaired) electrons. The van der Waals surface area contributed by atoms with E-state index >= 15 is 0 Å². The zero-order valence-electron chi connectivity index (χ0n) is 17.8. The van der Waals surface area contributed by atoms with Crippen LogP contribution in [0.1, 0.15) is 34.8 Å². The number of aromatic amines is 1. The summed E-state index contributed by atoms with van der Waals surface area (Å²) in [7, 11) is 0. The number of nitrogens with zero attached hydrogens (tertiary/aromatic N) is 4. The van der Waals surface area contributed by atoms with Crippen LogP contribution in [-0.2, 0) is 4.74 Å². The standard InChI is InChI=1S/C24H26FN5O2/c25-20-6-3-17(4-7-20)21-14-22(28-27-21)19-2-1-9-30(16-19)24(31)18-5-8-23(26-15-18)29-10-12-32-13-11-29/h3-8,14-15,19H,1-2,9-13,16H2,(H,27,28)/t19-/m0/s1. The number of morpholine rings is 1. The average Bonchev–Trinajstić information content (AvgIpc) is 3.35. The number of hydrogen-bond donors (Lipinski definition) is 1. The summed E-state index contributed by atoms with van der Waals surface area (Å²) in [6.07, 6.45) is 3.60. The summed E-state index contributed by atoms with van der Waals surface area (Å²) in [6.45, 7) is 4.41. The molecule has 8 heteroatoms. The van der Waals surface area contributed by atoms with Crippen LogP contribution in [-0.4, -0.2) is 65.4 Å². The van der Waals surface area contributed by atoms with Crippen LogP contribution < -0.4 is 4.90 Å². The molecule has 0 bridgehead atoms. The zero-order valence-corrected chi connectivity index (χ0v) is 17.8. The number of pyridine rings is 1. The smallest absolute Gasteiger partial charge is 0.255 e. The summed E-state index contributed by atoms with van der Waals surface area (Å²) in [4.78, 5) is 21.7. The summed E-state index contributed by atoms with van der Waals surface area (Å²) < 4.78 is 18.6. The van der Waals surface area contributed by atoms with Crippen molar-refractivity contribution in [3.8, 4) is 11.3 Å². The van der Waals surface area contributed by atoms with E-state index in [2.05, 4.69) is 20.1 Å². The molecule has 2 aliphatic rings. The molecule has 2 aliphatic heterocycles. The molecule has 32 heavy (non-hydrogen) atoms. The molecule has 1 aromatic carbocycles. The Morgan fingerprint density at radius 3 is 2.66 bits per heavy atom. The number of anilines is 1. The lowest BCUT2D eigenvalue weighted by Crippen LogP contribution is -2.39. The van der Waals surface area contributed by atoms with Gasteiger partial charge in [0.2, 0.25) is 0 Å². The fourth-order valence-electron chi connectivity index (χ4n) is 4.40. The highest BCUT2D eigenvalue weighted by Gasteiger charge is 2.27. The van der Waals surface area contributed by atoms with Gasteiger partial charge in [0.1, 0.15) is 11.6 Å². The van der Waals surface area contributed by atoms with E-state index in [0.29, 0.717) is 25.3 Å². The van der Waals surface area contributed by atoms with E-state index in [-0.39, 0.29) is 17.6 Å². The molecule has 1 atom stereocenters. The molecule has 4 heterocycles. The van der Waals surface area contributed by atoms with E-state index in [9.17, 15) is 9.18 Å². The summed E-state index contributed by atoms with van der Waals surface area (Å²) >= 11 is 0. The van der Waals surface area contributed by atoms with Gasteiger partial charge in [-0.15, -0.1) is 0 Å². The second-order valence-corrected chi connectivity index (χ2v) is 8.31. The predicted molar refractivity (Wildman–Crippen MR) is 119 cm³/mol. The third-order valence-electron chi connectivity index (χ3n) is 6.22. The Kier molecular flexibility index (Phi) is 5.85. The van der Waals surface area contributed by atoms with Gasteiger partial charge < -0.3 is 14.5 Å². The summed E-state index contributed by atoms with van der Waals surface area (Å²) in [5, 5.41) is 7.52. The Hall–Kier alpha value is -3.26.